The Labute approximate surface area is 81.2 Å². The first kappa shape index (κ1) is 8.99. The Hall–Kier alpha value is -1.58. The number of fused-ring (bicyclic) bond motifs is 1. The summed E-state index contributed by atoms with van der Waals surface area (Å²) in [5, 5.41) is 0. The van der Waals surface area contributed by atoms with Crippen LogP contribution in [0.2, 0.25) is 0 Å². The summed E-state index contributed by atoms with van der Waals surface area (Å²) < 4.78 is 9.70. The topological polar surface area (TPSA) is 52.6 Å². The molecule has 0 amide bonds. The Morgan fingerprint density at radius 2 is 2.43 bits per heavy atom. The number of ether oxygens (including phenoxy) is 2. The summed E-state index contributed by atoms with van der Waals surface area (Å²) in [6.45, 7) is 0. The first-order valence-electron chi connectivity index (χ1n) is 4.33. The van der Waals surface area contributed by atoms with E-state index in [4.69, 9.17) is 4.74 Å². The number of carbonyl (C=O) groups is 2. The van der Waals surface area contributed by atoms with Crippen molar-refractivity contribution < 1.29 is 19.1 Å². The van der Waals surface area contributed by atoms with Crippen molar-refractivity contribution in [1.82, 2.24) is 0 Å². The van der Waals surface area contributed by atoms with Gasteiger partial charge in [0.1, 0.15) is 11.5 Å². The molecule has 4 nitrogen and oxygen atoms in total. The van der Waals surface area contributed by atoms with Crippen LogP contribution in [0.5, 0.6) is 0 Å². The van der Waals surface area contributed by atoms with Gasteiger partial charge in [-0.2, -0.15) is 0 Å². The third-order valence-corrected chi connectivity index (χ3v) is 2.56. The maximum Gasteiger partial charge on any atom is 0.320 e. The Bertz CT molecular complexity index is 342. The minimum absolute atomic E-state index is 0.0607. The molecule has 1 aliphatic heterocycles. The highest BCUT2D eigenvalue weighted by Crippen LogP contribution is 2.41. The van der Waals surface area contributed by atoms with Gasteiger partial charge in [-0.15, -0.1) is 0 Å². The van der Waals surface area contributed by atoms with Crippen LogP contribution >= 0.6 is 0 Å². The van der Waals surface area contributed by atoms with Crippen LogP contribution in [-0.4, -0.2) is 25.2 Å². The summed E-state index contributed by atoms with van der Waals surface area (Å²) in [5.74, 6) is -0.787. The van der Waals surface area contributed by atoms with Crippen molar-refractivity contribution in [2.24, 2.45) is 5.41 Å². The zero-order chi connectivity index (χ0) is 10.2. The fourth-order valence-corrected chi connectivity index (χ4v) is 1.83. The molecule has 0 aromatic carbocycles. The summed E-state index contributed by atoms with van der Waals surface area (Å²) in [5.41, 5.74) is -0.930. The molecule has 14 heavy (non-hydrogen) atoms. The van der Waals surface area contributed by atoms with Crippen LogP contribution in [0, 0.1) is 5.41 Å². The molecular weight excluding hydrogens is 184 g/mol. The van der Waals surface area contributed by atoms with Crippen molar-refractivity contribution in [2.45, 2.75) is 12.5 Å². The predicted molar refractivity (Wildman–Crippen MR) is 47.2 cm³/mol. The van der Waals surface area contributed by atoms with E-state index in [0.29, 0.717) is 0 Å². The van der Waals surface area contributed by atoms with Crippen LogP contribution in [-0.2, 0) is 19.1 Å². The molecule has 2 rings (SSSR count). The molecule has 0 spiro atoms. The SMILES string of the molecule is COC(=O)[C@]12C=CC=CC1OC(=O)C2. The lowest BCUT2D eigenvalue weighted by Crippen LogP contribution is -2.38. The average Bonchev–Trinajstić information content (AvgIpc) is 2.53. The van der Waals surface area contributed by atoms with Gasteiger partial charge in [-0.25, -0.2) is 0 Å². The van der Waals surface area contributed by atoms with Crippen molar-refractivity contribution in [1.29, 1.82) is 0 Å². The largest absolute Gasteiger partial charge is 0.468 e. The van der Waals surface area contributed by atoms with E-state index in [9.17, 15) is 9.59 Å². The van der Waals surface area contributed by atoms with E-state index in [1.807, 2.05) is 0 Å². The normalized spacial score (nSPS) is 33.8. The zero-order valence-electron chi connectivity index (χ0n) is 7.73. The molecule has 0 radical (unpaired) electrons. The summed E-state index contributed by atoms with van der Waals surface area (Å²) in [4.78, 5) is 22.7. The number of methoxy groups -OCH3 is 1. The lowest BCUT2D eigenvalue weighted by molar-refractivity contribution is -0.151. The molecule has 0 N–H and O–H groups in total. The zero-order valence-corrected chi connectivity index (χ0v) is 7.73. The van der Waals surface area contributed by atoms with Gasteiger partial charge in [0, 0.05) is 0 Å². The van der Waals surface area contributed by atoms with Gasteiger partial charge in [0.05, 0.1) is 13.5 Å². The van der Waals surface area contributed by atoms with E-state index < -0.39 is 17.5 Å². The van der Waals surface area contributed by atoms with Crippen LogP contribution < -0.4 is 0 Å². The van der Waals surface area contributed by atoms with Crippen LogP contribution in [0.1, 0.15) is 6.42 Å². The Balaban J connectivity index is 2.39. The van der Waals surface area contributed by atoms with E-state index in [-0.39, 0.29) is 12.4 Å². The summed E-state index contributed by atoms with van der Waals surface area (Å²) >= 11 is 0. The summed E-state index contributed by atoms with van der Waals surface area (Å²) in [7, 11) is 1.31. The third kappa shape index (κ3) is 1.07. The lowest BCUT2D eigenvalue weighted by Gasteiger charge is -2.26. The maximum atomic E-state index is 11.6. The highest BCUT2D eigenvalue weighted by atomic mass is 16.6. The second-order valence-corrected chi connectivity index (χ2v) is 3.36. The minimum atomic E-state index is -0.930. The van der Waals surface area contributed by atoms with Gasteiger partial charge in [0.25, 0.3) is 0 Å². The number of carbonyl (C=O) groups excluding carboxylic acids is 2. The van der Waals surface area contributed by atoms with E-state index in [1.165, 1.54) is 7.11 Å². The van der Waals surface area contributed by atoms with Gasteiger partial charge in [-0.05, 0) is 6.08 Å². The van der Waals surface area contributed by atoms with Gasteiger partial charge < -0.3 is 9.47 Å². The predicted octanol–water partition coefficient (Wildman–Crippen LogP) is 0.587. The summed E-state index contributed by atoms with van der Waals surface area (Å²) in [6, 6.07) is 0. The number of rotatable bonds is 1. The Morgan fingerprint density at radius 3 is 3.14 bits per heavy atom. The van der Waals surface area contributed by atoms with Crippen molar-refractivity contribution in [2.75, 3.05) is 7.11 Å². The fraction of sp³-hybridized carbons (Fsp3) is 0.400. The quantitative estimate of drug-likeness (QED) is 0.573. The highest BCUT2D eigenvalue weighted by Gasteiger charge is 2.53. The lowest BCUT2D eigenvalue weighted by atomic mass is 9.78. The Morgan fingerprint density at radius 1 is 1.64 bits per heavy atom. The van der Waals surface area contributed by atoms with Gasteiger partial charge in [0.15, 0.2) is 0 Å². The van der Waals surface area contributed by atoms with Crippen LogP contribution in [0.3, 0.4) is 0 Å². The molecule has 1 aliphatic carbocycles. The molecule has 1 fully saturated rings. The smallest absolute Gasteiger partial charge is 0.320 e. The number of esters is 2. The molecule has 1 heterocycles. The first-order chi connectivity index (χ1) is 6.69. The average molecular weight is 194 g/mol. The number of hydrogen-bond donors (Lipinski definition) is 0. The number of allylic oxidation sites excluding steroid dienone is 2. The number of hydrogen-bond acceptors (Lipinski definition) is 4. The first-order valence-corrected chi connectivity index (χ1v) is 4.33. The molecule has 74 valence electrons. The van der Waals surface area contributed by atoms with E-state index in [1.54, 1.807) is 24.3 Å². The molecule has 1 saturated heterocycles. The van der Waals surface area contributed by atoms with Crippen molar-refractivity contribution in [3.05, 3.63) is 24.3 Å². The molecule has 0 saturated carbocycles. The molecule has 2 aliphatic rings. The molecular formula is C10H10O4. The van der Waals surface area contributed by atoms with Gasteiger partial charge >= 0.3 is 11.9 Å². The second kappa shape index (κ2) is 2.97. The van der Waals surface area contributed by atoms with Crippen molar-refractivity contribution >= 4 is 11.9 Å². The minimum Gasteiger partial charge on any atom is -0.468 e. The highest BCUT2D eigenvalue weighted by molar-refractivity contribution is 5.89. The van der Waals surface area contributed by atoms with Crippen molar-refractivity contribution in [3.8, 4) is 0 Å². The van der Waals surface area contributed by atoms with Crippen LogP contribution in [0.25, 0.3) is 0 Å². The molecule has 2 atom stereocenters. The molecule has 4 heteroatoms. The molecule has 0 aromatic rings. The molecule has 1 unspecified atom stereocenters. The van der Waals surface area contributed by atoms with Crippen molar-refractivity contribution in [3.63, 3.8) is 0 Å². The van der Waals surface area contributed by atoms with E-state index in [0.717, 1.165) is 0 Å². The Kier molecular flexibility index (Phi) is 1.91. The summed E-state index contributed by atoms with van der Waals surface area (Å²) in [6.07, 6.45) is 6.41. The molecule has 0 bridgehead atoms. The monoisotopic (exact) mass is 194 g/mol. The van der Waals surface area contributed by atoms with Gasteiger partial charge in [-0.1, -0.05) is 18.2 Å². The molecule has 0 aromatic heterocycles. The maximum absolute atomic E-state index is 11.6. The van der Waals surface area contributed by atoms with Crippen LogP contribution in [0.15, 0.2) is 24.3 Å². The van der Waals surface area contributed by atoms with Crippen LogP contribution in [0.4, 0.5) is 0 Å². The third-order valence-electron chi connectivity index (χ3n) is 2.56. The standard InChI is InChI=1S/C10H10O4/c1-13-9(12)10-5-3-2-4-7(10)14-8(11)6-10/h2-5,7H,6H2,1H3/t7?,10-/m0/s1. The van der Waals surface area contributed by atoms with Gasteiger partial charge in [0.2, 0.25) is 0 Å². The van der Waals surface area contributed by atoms with E-state index in [2.05, 4.69) is 4.74 Å². The fourth-order valence-electron chi connectivity index (χ4n) is 1.83. The van der Waals surface area contributed by atoms with E-state index >= 15 is 0 Å². The van der Waals surface area contributed by atoms with Gasteiger partial charge in [-0.3, -0.25) is 9.59 Å². The second-order valence-electron chi connectivity index (χ2n) is 3.36.